The van der Waals surface area contributed by atoms with Crippen molar-refractivity contribution in [1.82, 2.24) is 0 Å². The van der Waals surface area contributed by atoms with E-state index in [9.17, 15) is 5.11 Å². The molecule has 0 aliphatic heterocycles. The minimum absolute atomic E-state index is 0.234. The van der Waals surface area contributed by atoms with Gasteiger partial charge in [-0.2, -0.15) is 0 Å². The van der Waals surface area contributed by atoms with Crippen molar-refractivity contribution >= 4 is 0 Å². The number of phenolic OH excluding ortho intramolecular Hbond substituents is 1. The Hall–Kier alpha value is -1.02. The summed E-state index contributed by atoms with van der Waals surface area (Å²) in [5, 5.41) is 10.00. The lowest BCUT2D eigenvalue weighted by molar-refractivity contribution is 0.245. The third-order valence-electron chi connectivity index (χ3n) is 3.99. The quantitative estimate of drug-likeness (QED) is 0.735. The summed E-state index contributed by atoms with van der Waals surface area (Å²) in [6.07, 6.45) is 6.70. The normalized spacial score (nSPS) is 22.2. The van der Waals surface area contributed by atoms with E-state index in [0.717, 1.165) is 31.2 Å². The van der Waals surface area contributed by atoms with E-state index in [1.807, 2.05) is 6.07 Å². The molecule has 1 aromatic carbocycles. The smallest absolute Gasteiger partial charge is 0.120 e. The van der Waals surface area contributed by atoms with Crippen LogP contribution in [0.1, 0.15) is 42.4 Å². The fourth-order valence-electron chi connectivity index (χ4n) is 2.84. The fraction of sp³-hybridized carbons (Fsp3) is 0.538. The first kappa shape index (κ1) is 9.22. The number of hydrogen-bond acceptors (Lipinski definition) is 2. The summed E-state index contributed by atoms with van der Waals surface area (Å²) in [6.45, 7) is 0. The van der Waals surface area contributed by atoms with Crippen LogP contribution in [0.25, 0.3) is 0 Å². The first-order valence-electron chi connectivity index (χ1n) is 5.83. The van der Waals surface area contributed by atoms with Crippen LogP contribution >= 0.6 is 0 Å². The third-order valence-corrected chi connectivity index (χ3v) is 3.99. The summed E-state index contributed by atoms with van der Waals surface area (Å²) < 4.78 is 0. The van der Waals surface area contributed by atoms with Crippen LogP contribution in [-0.4, -0.2) is 5.11 Å². The highest BCUT2D eigenvalue weighted by Gasteiger charge is 2.37. The summed E-state index contributed by atoms with van der Waals surface area (Å²) in [5.41, 5.74) is 9.73. The van der Waals surface area contributed by atoms with Crippen LogP contribution in [0.15, 0.2) is 12.1 Å². The molecular weight excluding hydrogens is 186 g/mol. The molecule has 0 amide bonds. The molecule has 2 heteroatoms. The van der Waals surface area contributed by atoms with Gasteiger partial charge in [-0.25, -0.2) is 0 Å². The first-order valence-corrected chi connectivity index (χ1v) is 5.83. The summed E-state index contributed by atoms with van der Waals surface area (Å²) >= 11 is 0. The number of hydrogen-bond donors (Lipinski definition) is 2. The molecule has 1 fully saturated rings. The molecule has 0 atom stereocenters. The number of fused-ring (bicyclic) bond motifs is 1. The van der Waals surface area contributed by atoms with Crippen LogP contribution < -0.4 is 5.73 Å². The number of rotatable bonds is 1. The molecule has 0 heterocycles. The van der Waals surface area contributed by atoms with Gasteiger partial charge < -0.3 is 10.8 Å². The summed E-state index contributed by atoms with van der Waals surface area (Å²) in [4.78, 5) is 0. The molecular formula is C13H17NO. The van der Waals surface area contributed by atoms with Crippen LogP contribution in [0.2, 0.25) is 0 Å². The lowest BCUT2D eigenvalue weighted by Gasteiger charge is -2.39. The second-order valence-electron chi connectivity index (χ2n) is 5.00. The largest absolute Gasteiger partial charge is 0.508 e. The minimum Gasteiger partial charge on any atom is -0.508 e. The molecule has 3 N–H and O–H groups in total. The molecule has 2 nitrogen and oxygen atoms in total. The molecule has 80 valence electrons. The zero-order valence-corrected chi connectivity index (χ0v) is 8.92. The van der Waals surface area contributed by atoms with Crippen molar-refractivity contribution in [2.45, 2.75) is 44.1 Å². The molecule has 2 aliphatic rings. The lowest BCUT2D eigenvalue weighted by atomic mass is 9.72. The molecule has 2 aliphatic carbocycles. The predicted octanol–water partition coefficient (Wildman–Crippen LogP) is 2.22. The van der Waals surface area contributed by atoms with Crippen LogP contribution in [0.3, 0.4) is 0 Å². The van der Waals surface area contributed by atoms with Crippen molar-refractivity contribution in [2.24, 2.45) is 5.73 Å². The average molecular weight is 203 g/mol. The minimum atomic E-state index is -0.234. The standard InChI is InChI=1S/C13H17NO/c14-13(5-2-6-13)11-7-9-3-1-4-10(9)8-12(11)15/h7-8,15H,1-6,14H2. The van der Waals surface area contributed by atoms with Crippen molar-refractivity contribution < 1.29 is 5.11 Å². The van der Waals surface area contributed by atoms with Gasteiger partial charge in [0.15, 0.2) is 0 Å². The van der Waals surface area contributed by atoms with E-state index in [-0.39, 0.29) is 5.54 Å². The zero-order valence-electron chi connectivity index (χ0n) is 8.92. The topological polar surface area (TPSA) is 46.2 Å². The van der Waals surface area contributed by atoms with Gasteiger partial charge in [-0.05, 0) is 61.8 Å². The average Bonchev–Trinajstić information content (AvgIpc) is 2.60. The van der Waals surface area contributed by atoms with Crippen LogP contribution in [0, 0.1) is 0 Å². The van der Waals surface area contributed by atoms with Gasteiger partial charge in [-0.3, -0.25) is 0 Å². The van der Waals surface area contributed by atoms with E-state index in [0.29, 0.717) is 5.75 Å². The summed E-state index contributed by atoms with van der Waals surface area (Å²) in [7, 11) is 0. The predicted molar refractivity (Wildman–Crippen MR) is 59.8 cm³/mol. The Morgan fingerprint density at radius 2 is 1.73 bits per heavy atom. The molecule has 0 bridgehead atoms. The molecule has 1 saturated carbocycles. The van der Waals surface area contributed by atoms with Gasteiger partial charge >= 0.3 is 0 Å². The second-order valence-corrected chi connectivity index (χ2v) is 5.00. The van der Waals surface area contributed by atoms with E-state index in [1.54, 1.807) is 0 Å². The van der Waals surface area contributed by atoms with Gasteiger partial charge in [0.25, 0.3) is 0 Å². The SMILES string of the molecule is NC1(c2cc3c(cc2O)CCC3)CCC1. The van der Waals surface area contributed by atoms with Crippen molar-refractivity contribution in [2.75, 3.05) is 0 Å². The van der Waals surface area contributed by atoms with Crippen molar-refractivity contribution in [3.63, 3.8) is 0 Å². The van der Waals surface area contributed by atoms with E-state index in [1.165, 1.54) is 24.0 Å². The van der Waals surface area contributed by atoms with Gasteiger partial charge in [0.1, 0.15) is 5.75 Å². The fourth-order valence-corrected chi connectivity index (χ4v) is 2.84. The molecule has 3 rings (SSSR count). The highest BCUT2D eigenvalue weighted by atomic mass is 16.3. The Bertz CT molecular complexity index is 407. The Morgan fingerprint density at radius 3 is 2.33 bits per heavy atom. The monoisotopic (exact) mass is 203 g/mol. The molecule has 0 aromatic heterocycles. The molecule has 15 heavy (non-hydrogen) atoms. The maximum atomic E-state index is 10.00. The van der Waals surface area contributed by atoms with E-state index >= 15 is 0 Å². The highest BCUT2D eigenvalue weighted by molar-refractivity contribution is 5.47. The molecule has 0 unspecified atom stereocenters. The van der Waals surface area contributed by atoms with Crippen molar-refractivity contribution in [3.05, 3.63) is 28.8 Å². The van der Waals surface area contributed by atoms with Gasteiger partial charge in [0.2, 0.25) is 0 Å². The van der Waals surface area contributed by atoms with E-state index in [2.05, 4.69) is 6.07 Å². The van der Waals surface area contributed by atoms with Gasteiger partial charge in [0.05, 0.1) is 0 Å². The molecule has 1 aromatic rings. The van der Waals surface area contributed by atoms with Crippen molar-refractivity contribution in [1.29, 1.82) is 0 Å². The number of phenols is 1. The maximum absolute atomic E-state index is 10.00. The van der Waals surface area contributed by atoms with Gasteiger partial charge in [-0.15, -0.1) is 0 Å². The van der Waals surface area contributed by atoms with Crippen LogP contribution in [0.5, 0.6) is 5.75 Å². The van der Waals surface area contributed by atoms with Gasteiger partial charge in [0, 0.05) is 11.1 Å². The summed E-state index contributed by atoms with van der Waals surface area (Å²) in [5.74, 6) is 0.415. The van der Waals surface area contributed by atoms with E-state index in [4.69, 9.17) is 5.73 Å². The second kappa shape index (κ2) is 2.99. The Kier molecular flexibility index (Phi) is 1.84. The number of aryl methyl sites for hydroxylation is 2. The Balaban J connectivity index is 2.08. The van der Waals surface area contributed by atoms with Gasteiger partial charge in [-0.1, -0.05) is 0 Å². The molecule has 0 saturated heterocycles. The summed E-state index contributed by atoms with van der Waals surface area (Å²) in [6, 6.07) is 4.08. The van der Waals surface area contributed by atoms with Crippen molar-refractivity contribution in [3.8, 4) is 5.75 Å². The molecule has 0 radical (unpaired) electrons. The number of aromatic hydroxyl groups is 1. The van der Waals surface area contributed by atoms with Crippen LogP contribution in [0.4, 0.5) is 0 Å². The van der Waals surface area contributed by atoms with E-state index < -0.39 is 0 Å². The third kappa shape index (κ3) is 1.28. The highest BCUT2D eigenvalue weighted by Crippen LogP contribution is 2.44. The molecule has 0 spiro atoms. The lowest BCUT2D eigenvalue weighted by Crippen LogP contribution is -2.43. The maximum Gasteiger partial charge on any atom is 0.120 e. The first-order chi connectivity index (χ1) is 7.19. The number of nitrogens with two attached hydrogens (primary N) is 1. The Labute approximate surface area is 90.1 Å². The Morgan fingerprint density at radius 1 is 1.07 bits per heavy atom. The zero-order chi connectivity index (χ0) is 10.5. The van der Waals surface area contributed by atoms with Crippen LogP contribution in [-0.2, 0) is 18.4 Å². The number of benzene rings is 1.